The molecule has 3 rings (SSSR count). The van der Waals surface area contributed by atoms with Crippen molar-refractivity contribution in [1.82, 2.24) is 4.90 Å². The van der Waals surface area contributed by atoms with E-state index in [0.717, 1.165) is 5.69 Å². The molecule has 21 heavy (non-hydrogen) atoms. The van der Waals surface area contributed by atoms with E-state index in [9.17, 15) is 4.79 Å². The maximum Gasteiger partial charge on any atom is 0.289 e. The molecule has 0 aliphatic carbocycles. The van der Waals surface area contributed by atoms with Crippen LogP contribution in [0.4, 0.5) is 5.69 Å². The van der Waals surface area contributed by atoms with Gasteiger partial charge in [-0.05, 0) is 30.3 Å². The monoisotopic (exact) mass is 324 g/mol. The standard InChI is InChI=1S/C15H14Cl2N2O2/c16-11-3-4-12(17)13(10-11)18-5-7-19(8-6-18)15(20)14-2-1-9-21-14/h1-4,9-10H,5-8H2. The predicted molar refractivity (Wildman–Crippen MR) is 83.3 cm³/mol. The number of hydrogen-bond acceptors (Lipinski definition) is 3. The quantitative estimate of drug-likeness (QED) is 0.847. The van der Waals surface area contributed by atoms with Crippen molar-refractivity contribution in [3.8, 4) is 0 Å². The highest BCUT2D eigenvalue weighted by atomic mass is 35.5. The molecular weight excluding hydrogens is 311 g/mol. The van der Waals surface area contributed by atoms with Crippen molar-refractivity contribution in [3.63, 3.8) is 0 Å². The second-order valence-corrected chi connectivity index (χ2v) is 5.70. The molecule has 6 heteroatoms. The van der Waals surface area contributed by atoms with Crippen molar-refractivity contribution in [1.29, 1.82) is 0 Å². The number of carbonyl (C=O) groups is 1. The van der Waals surface area contributed by atoms with Crippen LogP contribution in [0.25, 0.3) is 0 Å². The Morgan fingerprint density at radius 2 is 1.86 bits per heavy atom. The molecule has 4 nitrogen and oxygen atoms in total. The number of hydrogen-bond donors (Lipinski definition) is 0. The molecule has 2 heterocycles. The van der Waals surface area contributed by atoms with E-state index in [2.05, 4.69) is 4.90 Å². The molecule has 0 unspecified atom stereocenters. The van der Waals surface area contributed by atoms with E-state index in [0.29, 0.717) is 42.0 Å². The molecule has 1 aromatic carbocycles. The van der Waals surface area contributed by atoms with Gasteiger partial charge in [0.25, 0.3) is 5.91 Å². The Bertz CT molecular complexity index is 635. The number of furan rings is 1. The van der Waals surface area contributed by atoms with Gasteiger partial charge in [-0.3, -0.25) is 4.79 Å². The van der Waals surface area contributed by atoms with E-state index in [1.165, 1.54) is 6.26 Å². The molecule has 1 aromatic heterocycles. The largest absolute Gasteiger partial charge is 0.459 e. The van der Waals surface area contributed by atoms with Crippen molar-refractivity contribution >= 4 is 34.8 Å². The predicted octanol–water partition coefficient (Wildman–Crippen LogP) is 3.55. The van der Waals surface area contributed by atoms with Crippen molar-refractivity contribution < 1.29 is 9.21 Å². The second kappa shape index (κ2) is 6.00. The summed E-state index contributed by atoms with van der Waals surface area (Å²) in [5.74, 6) is 0.307. The van der Waals surface area contributed by atoms with Gasteiger partial charge in [0.15, 0.2) is 5.76 Å². The van der Waals surface area contributed by atoms with Gasteiger partial charge in [0.2, 0.25) is 0 Å². The summed E-state index contributed by atoms with van der Waals surface area (Å²) in [6.07, 6.45) is 1.51. The summed E-state index contributed by atoms with van der Waals surface area (Å²) in [5.41, 5.74) is 0.911. The molecule has 0 atom stereocenters. The van der Waals surface area contributed by atoms with Gasteiger partial charge in [0.05, 0.1) is 17.0 Å². The fraction of sp³-hybridized carbons (Fsp3) is 0.267. The number of nitrogens with zero attached hydrogens (tertiary/aromatic N) is 2. The summed E-state index contributed by atoms with van der Waals surface area (Å²) in [7, 11) is 0. The molecule has 1 aliphatic heterocycles. The van der Waals surface area contributed by atoms with Crippen LogP contribution < -0.4 is 4.90 Å². The number of halogens is 2. The fourth-order valence-corrected chi connectivity index (χ4v) is 2.84. The molecule has 110 valence electrons. The van der Waals surface area contributed by atoms with Crippen molar-refractivity contribution in [2.24, 2.45) is 0 Å². The number of anilines is 1. The lowest BCUT2D eigenvalue weighted by atomic mass is 10.2. The van der Waals surface area contributed by atoms with Gasteiger partial charge in [-0.15, -0.1) is 0 Å². The Hall–Kier alpha value is -1.65. The summed E-state index contributed by atoms with van der Waals surface area (Å²) < 4.78 is 5.15. The van der Waals surface area contributed by atoms with Crippen molar-refractivity contribution in [2.75, 3.05) is 31.1 Å². The third kappa shape index (κ3) is 3.01. The number of rotatable bonds is 2. The van der Waals surface area contributed by atoms with Crippen LogP contribution in [-0.2, 0) is 0 Å². The summed E-state index contributed by atoms with van der Waals surface area (Å²) in [6.45, 7) is 2.68. The average molecular weight is 325 g/mol. The lowest BCUT2D eigenvalue weighted by Gasteiger charge is -2.36. The van der Waals surface area contributed by atoms with Crippen LogP contribution in [0.5, 0.6) is 0 Å². The van der Waals surface area contributed by atoms with Gasteiger partial charge in [0.1, 0.15) is 0 Å². The van der Waals surface area contributed by atoms with Gasteiger partial charge in [-0.2, -0.15) is 0 Å². The molecule has 1 amide bonds. The van der Waals surface area contributed by atoms with Gasteiger partial charge in [-0.1, -0.05) is 23.2 Å². The van der Waals surface area contributed by atoms with Gasteiger partial charge in [0, 0.05) is 31.2 Å². The summed E-state index contributed by atoms with van der Waals surface area (Å²) >= 11 is 12.2. The van der Waals surface area contributed by atoms with E-state index in [1.54, 1.807) is 29.2 Å². The lowest BCUT2D eigenvalue weighted by Crippen LogP contribution is -2.48. The van der Waals surface area contributed by atoms with E-state index in [4.69, 9.17) is 27.6 Å². The molecule has 0 bridgehead atoms. The van der Waals surface area contributed by atoms with Crippen LogP contribution in [-0.4, -0.2) is 37.0 Å². The van der Waals surface area contributed by atoms with Gasteiger partial charge >= 0.3 is 0 Å². The molecule has 1 aliphatic rings. The number of piperazine rings is 1. The van der Waals surface area contributed by atoms with Crippen LogP contribution in [0.3, 0.4) is 0 Å². The van der Waals surface area contributed by atoms with Gasteiger partial charge < -0.3 is 14.2 Å². The minimum Gasteiger partial charge on any atom is -0.459 e. The SMILES string of the molecule is O=C(c1ccco1)N1CCN(c2cc(Cl)ccc2Cl)CC1. The zero-order valence-corrected chi connectivity index (χ0v) is 12.8. The molecular formula is C15H14Cl2N2O2. The highest BCUT2D eigenvalue weighted by molar-refractivity contribution is 6.35. The maximum atomic E-state index is 12.2. The Kier molecular flexibility index (Phi) is 4.08. The number of amides is 1. The molecule has 1 saturated heterocycles. The molecule has 0 saturated carbocycles. The Morgan fingerprint density at radius 1 is 1.10 bits per heavy atom. The Labute approximate surface area is 132 Å². The van der Waals surface area contributed by atoms with Crippen LogP contribution in [0, 0.1) is 0 Å². The number of benzene rings is 1. The zero-order valence-electron chi connectivity index (χ0n) is 11.3. The van der Waals surface area contributed by atoms with E-state index in [-0.39, 0.29) is 5.91 Å². The first-order valence-electron chi connectivity index (χ1n) is 6.68. The third-order valence-electron chi connectivity index (χ3n) is 3.55. The smallest absolute Gasteiger partial charge is 0.289 e. The second-order valence-electron chi connectivity index (χ2n) is 4.85. The maximum absolute atomic E-state index is 12.2. The van der Waals surface area contributed by atoms with Crippen molar-refractivity contribution in [3.05, 3.63) is 52.4 Å². The highest BCUT2D eigenvalue weighted by Crippen LogP contribution is 2.29. The lowest BCUT2D eigenvalue weighted by molar-refractivity contribution is 0.0714. The normalized spacial score (nSPS) is 15.3. The van der Waals surface area contributed by atoms with E-state index >= 15 is 0 Å². The van der Waals surface area contributed by atoms with E-state index < -0.39 is 0 Å². The zero-order chi connectivity index (χ0) is 14.8. The summed E-state index contributed by atoms with van der Waals surface area (Å²) in [6, 6.07) is 8.81. The van der Waals surface area contributed by atoms with Crippen molar-refractivity contribution in [2.45, 2.75) is 0 Å². The Morgan fingerprint density at radius 3 is 2.52 bits per heavy atom. The molecule has 2 aromatic rings. The fourth-order valence-electron chi connectivity index (χ4n) is 2.43. The minimum absolute atomic E-state index is 0.0724. The Balaban J connectivity index is 1.68. The first-order valence-corrected chi connectivity index (χ1v) is 7.43. The van der Waals surface area contributed by atoms with Crippen LogP contribution in [0.15, 0.2) is 41.0 Å². The molecule has 1 fully saturated rings. The molecule has 0 radical (unpaired) electrons. The third-order valence-corrected chi connectivity index (χ3v) is 4.10. The van der Waals surface area contributed by atoms with Gasteiger partial charge in [-0.25, -0.2) is 0 Å². The summed E-state index contributed by atoms with van der Waals surface area (Å²) in [5, 5.41) is 1.33. The first-order chi connectivity index (χ1) is 10.1. The van der Waals surface area contributed by atoms with E-state index in [1.807, 2.05) is 6.07 Å². The molecule has 0 spiro atoms. The first kappa shape index (κ1) is 14.3. The molecule has 0 N–H and O–H groups in total. The minimum atomic E-state index is -0.0724. The van der Waals surface area contributed by atoms with Crippen LogP contribution in [0.2, 0.25) is 10.0 Å². The number of carbonyl (C=O) groups excluding carboxylic acids is 1. The summed E-state index contributed by atoms with van der Waals surface area (Å²) in [4.78, 5) is 16.1. The van der Waals surface area contributed by atoms with Crippen LogP contribution in [0.1, 0.15) is 10.6 Å². The topological polar surface area (TPSA) is 36.7 Å². The average Bonchev–Trinajstić information content (AvgIpc) is 3.03. The highest BCUT2D eigenvalue weighted by Gasteiger charge is 2.24. The van der Waals surface area contributed by atoms with Crippen LogP contribution >= 0.6 is 23.2 Å².